The van der Waals surface area contributed by atoms with Gasteiger partial charge in [-0.1, -0.05) is 82.8 Å². The van der Waals surface area contributed by atoms with Crippen molar-refractivity contribution in [3.63, 3.8) is 0 Å². The number of hydrogen-bond acceptors (Lipinski definition) is 4. The molecule has 3 aromatic carbocycles. The summed E-state index contributed by atoms with van der Waals surface area (Å²) in [6.45, 7) is 0. The molecule has 0 bridgehead atoms. The highest BCUT2D eigenvalue weighted by Crippen LogP contribution is 2.54. The first-order valence-corrected chi connectivity index (χ1v) is 10.9. The van der Waals surface area contributed by atoms with Crippen LogP contribution in [0.1, 0.15) is 16.7 Å². The number of phenolic OH excluding ortho intramolecular Hbond substituents is 2. The van der Waals surface area contributed by atoms with E-state index < -0.39 is 26.4 Å². The monoisotopic (exact) mass is 492 g/mol. The number of benzene rings is 3. The van der Waals surface area contributed by atoms with Gasteiger partial charge in [0.1, 0.15) is 11.5 Å². The van der Waals surface area contributed by atoms with Crippen LogP contribution in [-0.4, -0.2) is 23.2 Å². The second-order valence-corrected chi connectivity index (χ2v) is 9.19. The summed E-state index contributed by atoms with van der Waals surface area (Å²) < 4.78 is 33.9. The molecule has 0 saturated heterocycles. The van der Waals surface area contributed by atoms with Crippen molar-refractivity contribution in [2.75, 3.05) is 0 Å². The van der Waals surface area contributed by atoms with Crippen molar-refractivity contribution in [1.82, 2.24) is 0 Å². The van der Waals surface area contributed by atoms with Crippen molar-refractivity contribution in [2.24, 2.45) is 0 Å². The van der Waals surface area contributed by atoms with E-state index in [1.807, 2.05) is 0 Å². The van der Waals surface area contributed by atoms with Gasteiger partial charge in [-0.3, -0.25) is 4.55 Å². The Bertz CT molecular complexity index is 1090. The van der Waals surface area contributed by atoms with Gasteiger partial charge in [-0.15, -0.1) is 0 Å². The first-order chi connectivity index (χ1) is 13.5. The van der Waals surface area contributed by atoms with E-state index in [2.05, 4.69) is 0 Å². The Hall–Kier alpha value is -1.67. The lowest BCUT2D eigenvalue weighted by Gasteiger charge is -2.34. The third kappa shape index (κ3) is 3.44. The van der Waals surface area contributed by atoms with Gasteiger partial charge in [0.05, 0.1) is 20.1 Å². The normalized spacial score (nSPS) is 12.2. The van der Waals surface area contributed by atoms with Crippen LogP contribution in [0.15, 0.2) is 54.6 Å². The molecule has 0 aliphatic rings. The van der Waals surface area contributed by atoms with E-state index in [-0.39, 0.29) is 36.8 Å². The Labute approximate surface area is 186 Å². The summed E-state index contributed by atoms with van der Waals surface area (Å²) in [5.41, 5.74) is -0.923. The Morgan fingerprint density at radius 2 is 1.03 bits per heavy atom. The molecule has 3 rings (SSSR count). The SMILES string of the molecule is O=S(=O)(O)C(c1cccc(Cl)c1O)(c1cccc(Cl)c1O)c1cccc(Cl)c1Cl. The highest BCUT2D eigenvalue weighted by molar-refractivity contribution is 7.87. The zero-order chi connectivity index (χ0) is 21.6. The number of rotatable bonds is 4. The van der Waals surface area contributed by atoms with Crippen molar-refractivity contribution in [3.8, 4) is 11.5 Å². The van der Waals surface area contributed by atoms with Gasteiger partial charge < -0.3 is 10.2 Å². The van der Waals surface area contributed by atoms with E-state index in [1.165, 1.54) is 54.6 Å². The summed E-state index contributed by atoms with van der Waals surface area (Å²) in [5.74, 6) is -1.27. The lowest BCUT2D eigenvalue weighted by molar-refractivity contribution is 0.428. The van der Waals surface area contributed by atoms with Gasteiger partial charge in [0.25, 0.3) is 10.1 Å². The fourth-order valence-electron chi connectivity index (χ4n) is 3.23. The van der Waals surface area contributed by atoms with Gasteiger partial charge >= 0.3 is 0 Å². The summed E-state index contributed by atoms with van der Waals surface area (Å²) in [6.07, 6.45) is 0. The zero-order valence-corrected chi connectivity index (χ0v) is 18.1. The summed E-state index contributed by atoms with van der Waals surface area (Å²) in [7, 11) is -5.18. The molecule has 0 spiro atoms. The third-order valence-corrected chi connectivity index (χ3v) is 7.31. The van der Waals surface area contributed by atoms with Crippen molar-refractivity contribution < 1.29 is 23.2 Å². The average molecular weight is 494 g/mol. The van der Waals surface area contributed by atoms with Gasteiger partial charge in [-0.05, 0) is 18.2 Å². The van der Waals surface area contributed by atoms with E-state index in [4.69, 9.17) is 46.4 Å². The van der Waals surface area contributed by atoms with E-state index in [0.717, 1.165) is 0 Å². The fourth-order valence-corrected chi connectivity index (χ4v) is 5.41. The summed E-state index contributed by atoms with van der Waals surface area (Å²) in [4.78, 5) is 0. The molecular weight excluding hydrogens is 482 g/mol. The molecule has 5 nitrogen and oxygen atoms in total. The molecule has 10 heteroatoms. The van der Waals surface area contributed by atoms with Crippen molar-refractivity contribution >= 4 is 56.5 Å². The molecule has 0 atom stereocenters. The minimum Gasteiger partial charge on any atom is -0.506 e. The van der Waals surface area contributed by atoms with Crippen LogP contribution in [-0.2, 0) is 14.9 Å². The first-order valence-electron chi connectivity index (χ1n) is 7.91. The fraction of sp³-hybridized carbons (Fsp3) is 0.0526. The number of hydrogen-bond donors (Lipinski definition) is 3. The van der Waals surface area contributed by atoms with Crippen LogP contribution in [0.25, 0.3) is 0 Å². The standard InChI is InChI=1S/C19H12Cl4O5S/c20-13-7-1-4-10(16(13)23)19(29(26,27)28,11-5-2-8-14(21)17(11)24)12-6-3-9-15(22)18(12)25/h1-9,24-25H,(H,26,27,28). The van der Waals surface area contributed by atoms with Crippen LogP contribution < -0.4 is 0 Å². The van der Waals surface area contributed by atoms with Crippen molar-refractivity contribution in [3.05, 3.63) is 91.4 Å². The van der Waals surface area contributed by atoms with Gasteiger partial charge in [0.2, 0.25) is 0 Å². The third-order valence-electron chi connectivity index (χ3n) is 4.45. The smallest absolute Gasteiger partial charge is 0.283 e. The second-order valence-electron chi connectivity index (χ2n) is 6.03. The van der Waals surface area contributed by atoms with Crippen LogP contribution in [0.5, 0.6) is 11.5 Å². The molecule has 0 aromatic heterocycles. The van der Waals surface area contributed by atoms with Crippen molar-refractivity contribution in [2.45, 2.75) is 4.75 Å². The minimum atomic E-state index is -5.18. The molecular formula is C19H12Cl4O5S. The molecule has 0 saturated carbocycles. The highest BCUT2D eigenvalue weighted by Gasteiger charge is 2.53. The highest BCUT2D eigenvalue weighted by atomic mass is 35.5. The van der Waals surface area contributed by atoms with Crippen molar-refractivity contribution in [1.29, 1.82) is 0 Å². The molecule has 0 unspecified atom stereocenters. The largest absolute Gasteiger partial charge is 0.506 e. The van der Waals surface area contributed by atoms with Gasteiger partial charge in [-0.25, -0.2) is 0 Å². The van der Waals surface area contributed by atoms with Crippen LogP contribution in [0.2, 0.25) is 20.1 Å². The molecule has 3 aromatic rings. The summed E-state index contributed by atoms with van der Waals surface area (Å²) in [5, 5.41) is 20.7. The van der Waals surface area contributed by atoms with E-state index >= 15 is 0 Å². The number of para-hydroxylation sites is 2. The van der Waals surface area contributed by atoms with Gasteiger partial charge in [-0.2, -0.15) is 8.42 Å². The Morgan fingerprint density at radius 3 is 1.45 bits per heavy atom. The average Bonchev–Trinajstić information content (AvgIpc) is 2.64. The Kier molecular flexibility index (Phi) is 5.98. The second kappa shape index (κ2) is 7.87. The van der Waals surface area contributed by atoms with Crippen LogP contribution in [0.3, 0.4) is 0 Å². The maximum atomic E-state index is 13.0. The molecule has 3 N–H and O–H groups in total. The van der Waals surface area contributed by atoms with Crippen LogP contribution >= 0.6 is 46.4 Å². The molecule has 0 aliphatic carbocycles. The Morgan fingerprint density at radius 1 is 0.655 bits per heavy atom. The predicted octanol–water partition coefficient (Wildman–Crippen LogP) is 5.89. The minimum absolute atomic E-state index is 0.0137. The Balaban J connectivity index is 2.68. The van der Waals surface area contributed by atoms with E-state index in [0.29, 0.717) is 0 Å². The topological polar surface area (TPSA) is 94.8 Å². The molecule has 0 fully saturated rings. The number of halogens is 4. The predicted molar refractivity (Wildman–Crippen MR) is 114 cm³/mol. The maximum Gasteiger partial charge on any atom is 0.283 e. The molecule has 29 heavy (non-hydrogen) atoms. The molecule has 0 radical (unpaired) electrons. The molecule has 0 amide bonds. The van der Waals surface area contributed by atoms with E-state index in [9.17, 15) is 23.2 Å². The number of phenols is 2. The van der Waals surface area contributed by atoms with E-state index in [1.54, 1.807) is 0 Å². The van der Waals surface area contributed by atoms with Crippen LogP contribution in [0, 0.1) is 0 Å². The lowest BCUT2D eigenvalue weighted by atomic mass is 9.83. The summed E-state index contributed by atoms with van der Waals surface area (Å²) in [6, 6.07) is 12.0. The molecule has 0 heterocycles. The van der Waals surface area contributed by atoms with Gasteiger partial charge in [0.15, 0.2) is 4.75 Å². The lowest BCUT2D eigenvalue weighted by Crippen LogP contribution is -2.38. The maximum absolute atomic E-state index is 13.0. The zero-order valence-electron chi connectivity index (χ0n) is 14.3. The molecule has 0 aliphatic heterocycles. The summed E-state index contributed by atoms with van der Waals surface area (Å²) >= 11 is 24.5. The van der Waals surface area contributed by atoms with Crippen LogP contribution in [0.4, 0.5) is 0 Å². The molecule has 152 valence electrons. The van der Waals surface area contributed by atoms with Gasteiger partial charge in [0, 0.05) is 16.7 Å². The number of aromatic hydroxyl groups is 2. The first kappa shape index (κ1) is 22.0. The quantitative estimate of drug-likeness (QED) is 0.311.